The molecule has 0 bridgehead atoms. The van der Waals surface area contributed by atoms with E-state index < -0.39 is 4.92 Å². The smallest absolute Gasteiger partial charge is 0.282 e. The third kappa shape index (κ3) is 3.75. The molecule has 3 N–H and O–H groups in total. The lowest BCUT2D eigenvalue weighted by Crippen LogP contribution is -2.36. The van der Waals surface area contributed by atoms with Gasteiger partial charge in [-0.3, -0.25) is 14.9 Å². The topological polar surface area (TPSA) is 104 Å². The van der Waals surface area contributed by atoms with Gasteiger partial charge in [0.15, 0.2) is 0 Å². The number of para-hydroxylation sites is 1. The molecule has 1 aromatic rings. The van der Waals surface area contributed by atoms with E-state index in [1.165, 1.54) is 18.6 Å². The molecule has 0 unspecified atom stereocenters. The van der Waals surface area contributed by atoms with E-state index in [1.807, 2.05) is 0 Å². The van der Waals surface area contributed by atoms with E-state index >= 15 is 0 Å². The molecule has 2 rings (SSSR count). The van der Waals surface area contributed by atoms with Gasteiger partial charge in [-0.15, -0.1) is 0 Å². The van der Waals surface area contributed by atoms with Crippen molar-refractivity contribution in [1.29, 1.82) is 0 Å². The summed E-state index contributed by atoms with van der Waals surface area (Å²) in [7, 11) is 0. The molecule has 0 aromatic heterocycles. The van der Waals surface area contributed by atoms with Gasteiger partial charge >= 0.3 is 0 Å². The number of hydrogen-bond donors (Lipinski definition) is 1. The SMILES string of the molecule is O.O=C(NC1CCCCC1)c1ccccc1[N+](=O)[O-]. The van der Waals surface area contributed by atoms with Gasteiger partial charge in [-0.1, -0.05) is 31.4 Å². The Labute approximate surface area is 111 Å². The van der Waals surface area contributed by atoms with E-state index in [0.29, 0.717) is 0 Å². The molecular weight excluding hydrogens is 248 g/mol. The number of nitro groups is 1. The van der Waals surface area contributed by atoms with E-state index in [1.54, 1.807) is 12.1 Å². The van der Waals surface area contributed by atoms with E-state index in [9.17, 15) is 14.9 Å². The van der Waals surface area contributed by atoms with Crippen LogP contribution in [0, 0.1) is 10.1 Å². The predicted octanol–water partition coefficient (Wildman–Crippen LogP) is 1.83. The van der Waals surface area contributed by atoms with Gasteiger partial charge in [0.2, 0.25) is 0 Å². The second-order valence-corrected chi connectivity index (χ2v) is 4.58. The Balaban J connectivity index is 0.00000180. The fraction of sp³-hybridized carbons (Fsp3) is 0.462. The molecule has 0 atom stereocenters. The maximum Gasteiger partial charge on any atom is 0.282 e. The molecule has 0 radical (unpaired) electrons. The Bertz CT molecular complexity index is 456. The monoisotopic (exact) mass is 266 g/mol. The zero-order valence-corrected chi connectivity index (χ0v) is 10.6. The Kier molecular flexibility index (Phi) is 5.44. The minimum atomic E-state index is -0.518. The molecule has 1 saturated carbocycles. The molecular formula is C13H18N2O4. The molecule has 0 spiro atoms. The summed E-state index contributed by atoms with van der Waals surface area (Å²) in [4.78, 5) is 22.3. The van der Waals surface area contributed by atoms with Gasteiger partial charge in [0.05, 0.1) is 4.92 Å². The lowest BCUT2D eigenvalue weighted by atomic mass is 9.95. The van der Waals surface area contributed by atoms with Crippen LogP contribution in [-0.4, -0.2) is 22.3 Å². The van der Waals surface area contributed by atoms with Gasteiger partial charge in [-0.05, 0) is 18.9 Å². The molecule has 6 heteroatoms. The van der Waals surface area contributed by atoms with Crippen molar-refractivity contribution in [3.8, 4) is 0 Å². The van der Waals surface area contributed by atoms with Gasteiger partial charge < -0.3 is 10.8 Å². The Hall–Kier alpha value is -1.95. The number of nitrogens with zero attached hydrogens (tertiary/aromatic N) is 1. The standard InChI is InChI=1S/C13H16N2O3.H2O/c16-13(14-10-6-2-1-3-7-10)11-8-4-5-9-12(11)15(17)18;/h4-5,8-10H,1-3,6-7H2,(H,14,16);1H2. The van der Waals surface area contributed by atoms with Crippen molar-refractivity contribution in [3.63, 3.8) is 0 Å². The fourth-order valence-corrected chi connectivity index (χ4v) is 2.33. The average Bonchev–Trinajstić information content (AvgIpc) is 2.40. The first-order valence-corrected chi connectivity index (χ1v) is 6.23. The van der Waals surface area contributed by atoms with E-state index in [0.717, 1.165) is 25.7 Å². The quantitative estimate of drug-likeness (QED) is 0.666. The summed E-state index contributed by atoms with van der Waals surface area (Å²) in [5, 5.41) is 13.7. The maximum absolute atomic E-state index is 12.0. The van der Waals surface area contributed by atoms with Crippen LogP contribution in [0.4, 0.5) is 5.69 Å². The molecule has 1 aliphatic rings. The number of nitrogens with one attached hydrogen (secondary N) is 1. The molecule has 1 aromatic carbocycles. The normalized spacial score (nSPS) is 15.4. The molecule has 1 fully saturated rings. The van der Waals surface area contributed by atoms with Crippen molar-refractivity contribution in [2.75, 3.05) is 0 Å². The highest BCUT2D eigenvalue weighted by Gasteiger charge is 2.22. The largest absolute Gasteiger partial charge is 0.412 e. The summed E-state index contributed by atoms with van der Waals surface area (Å²) < 4.78 is 0. The van der Waals surface area contributed by atoms with Crippen LogP contribution in [0.15, 0.2) is 24.3 Å². The number of amides is 1. The van der Waals surface area contributed by atoms with E-state index in [-0.39, 0.29) is 28.7 Å². The molecule has 1 amide bonds. The van der Waals surface area contributed by atoms with Gasteiger partial charge in [0.1, 0.15) is 5.56 Å². The van der Waals surface area contributed by atoms with E-state index in [2.05, 4.69) is 5.32 Å². The average molecular weight is 266 g/mol. The van der Waals surface area contributed by atoms with Crippen LogP contribution < -0.4 is 5.32 Å². The molecule has 6 nitrogen and oxygen atoms in total. The minimum absolute atomic E-state index is 0. The summed E-state index contributed by atoms with van der Waals surface area (Å²) in [6.45, 7) is 0. The summed E-state index contributed by atoms with van der Waals surface area (Å²) in [5.41, 5.74) is 0.0129. The first-order valence-electron chi connectivity index (χ1n) is 6.23. The second kappa shape index (κ2) is 6.84. The van der Waals surface area contributed by atoms with Gasteiger partial charge in [0, 0.05) is 12.1 Å². The summed E-state index contributed by atoms with van der Waals surface area (Å²) in [6, 6.07) is 6.22. The van der Waals surface area contributed by atoms with Gasteiger partial charge in [-0.25, -0.2) is 0 Å². The van der Waals surface area contributed by atoms with Crippen LogP contribution in [0.25, 0.3) is 0 Å². The zero-order valence-electron chi connectivity index (χ0n) is 10.6. The third-order valence-corrected chi connectivity index (χ3v) is 3.29. The molecule has 0 saturated heterocycles. The Morgan fingerprint density at radius 2 is 1.84 bits per heavy atom. The third-order valence-electron chi connectivity index (χ3n) is 3.29. The number of rotatable bonds is 3. The lowest BCUT2D eigenvalue weighted by Gasteiger charge is -2.22. The van der Waals surface area contributed by atoms with Crippen molar-refractivity contribution < 1.29 is 15.2 Å². The lowest BCUT2D eigenvalue weighted by molar-refractivity contribution is -0.385. The molecule has 0 aliphatic heterocycles. The summed E-state index contributed by atoms with van der Waals surface area (Å²) >= 11 is 0. The highest BCUT2D eigenvalue weighted by Crippen LogP contribution is 2.20. The van der Waals surface area contributed by atoms with Crippen LogP contribution >= 0.6 is 0 Å². The minimum Gasteiger partial charge on any atom is -0.412 e. The van der Waals surface area contributed by atoms with Gasteiger partial charge in [0.25, 0.3) is 11.6 Å². The van der Waals surface area contributed by atoms with Gasteiger partial charge in [-0.2, -0.15) is 0 Å². The van der Waals surface area contributed by atoms with Crippen LogP contribution in [0.2, 0.25) is 0 Å². The molecule has 1 aliphatic carbocycles. The molecule has 19 heavy (non-hydrogen) atoms. The zero-order chi connectivity index (χ0) is 13.0. The van der Waals surface area contributed by atoms with Crippen molar-refractivity contribution in [3.05, 3.63) is 39.9 Å². The van der Waals surface area contributed by atoms with Crippen molar-refractivity contribution in [2.45, 2.75) is 38.1 Å². The van der Waals surface area contributed by atoms with Crippen LogP contribution in [0.1, 0.15) is 42.5 Å². The molecule has 0 heterocycles. The van der Waals surface area contributed by atoms with E-state index in [4.69, 9.17) is 0 Å². The highest BCUT2D eigenvalue weighted by atomic mass is 16.6. The first kappa shape index (κ1) is 15.1. The number of nitro benzene ring substituents is 1. The Morgan fingerprint density at radius 1 is 1.21 bits per heavy atom. The second-order valence-electron chi connectivity index (χ2n) is 4.58. The van der Waals surface area contributed by atoms with Crippen molar-refractivity contribution in [2.24, 2.45) is 0 Å². The van der Waals surface area contributed by atoms with Crippen LogP contribution in [0.5, 0.6) is 0 Å². The summed E-state index contributed by atoms with van der Waals surface area (Å²) in [6.07, 6.45) is 5.36. The first-order chi connectivity index (χ1) is 8.68. The Morgan fingerprint density at radius 3 is 2.47 bits per heavy atom. The molecule has 104 valence electrons. The number of carbonyl (C=O) groups excluding carboxylic acids is 1. The summed E-state index contributed by atoms with van der Waals surface area (Å²) in [5.74, 6) is -0.339. The van der Waals surface area contributed by atoms with Crippen LogP contribution in [-0.2, 0) is 0 Å². The maximum atomic E-state index is 12.0. The van der Waals surface area contributed by atoms with Crippen LogP contribution in [0.3, 0.4) is 0 Å². The number of hydrogen-bond acceptors (Lipinski definition) is 3. The number of carbonyl (C=O) groups is 1. The predicted molar refractivity (Wildman–Crippen MR) is 71.0 cm³/mol. The van der Waals surface area contributed by atoms with Crippen molar-refractivity contribution in [1.82, 2.24) is 5.32 Å². The fourth-order valence-electron chi connectivity index (χ4n) is 2.33. The number of benzene rings is 1. The van der Waals surface area contributed by atoms with Crippen molar-refractivity contribution >= 4 is 11.6 Å². The highest BCUT2D eigenvalue weighted by molar-refractivity contribution is 5.98.